The Kier molecular flexibility index (Phi) is 4.24. The molecule has 4 nitrogen and oxygen atoms in total. The second-order valence-corrected chi connectivity index (χ2v) is 7.29. The average Bonchev–Trinajstić information content (AvgIpc) is 3.14. The molecule has 0 aliphatic heterocycles. The van der Waals surface area contributed by atoms with Crippen molar-refractivity contribution in [3.8, 4) is 0 Å². The highest BCUT2D eigenvalue weighted by Crippen LogP contribution is 2.19. The summed E-state index contributed by atoms with van der Waals surface area (Å²) in [6.45, 7) is 1.89. The Labute approximate surface area is 114 Å². The van der Waals surface area contributed by atoms with E-state index in [4.69, 9.17) is 0 Å². The minimum atomic E-state index is -3.23. The van der Waals surface area contributed by atoms with Crippen LogP contribution in [0.4, 0.5) is 0 Å². The molecule has 0 saturated heterocycles. The first-order chi connectivity index (χ1) is 8.96. The first-order valence-corrected chi connectivity index (χ1v) is 8.33. The van der Waals surface area contributed by atoms with Crippen LogP contribution < -0.4 is 5.32 Å². The van der Waals surface area contributed by atoms with Gasteiger partial charge in [0.25, 0.3) is 0 Å². The number of carbonyl (C=O) groups is 1. The third-order valence-corrected chi connectivity index (χ3v) is 4.80. The molecule has 1 saturated carbocycles. The van der Waals surface area contributed by atoms with Gasteiger partial charge in [0.2, 0.25) is 5.91 Å². The summed E-state index contributed by atoms with van der Waals surface area (Å²) in [7, 11) is -3.23. The number of benzene rings is 1. The van der Waals surface area contributed by atoms with Crippen LogP contribution in [0.25, 0.3) is 0 Å². The lowest BCUT2D eigenvalue weighted by Gasteiger charge is -2.07. The van der Waals surface area contributed by atoms with Gasteiger partial charge in [0.05, 0.1) is 11.5 Å². The molecule has 1 aliphatic carbocycles. The van der Waals surface area contributed by atoms with Crippen LogP contribution in [0.3, 0.4) is 0 Å². The number of nitrogens with one attached hydrogen (secondary N) is 1. The van der Waals surface area contributed by atoms with Crippen molar-refractivity contribution < 1.29 is 13.2 Å². The van der Waals surface area contributed by atoms with Gasteiger partial charge < -0.3 is 5.32 Å². The van der Waals surface area contributed by atoms with Gasteiger partial charge in [-0.2, -0.15) is 0 Å². The first-order valence-electron chi connectivity index (χ1n) is 6.50. The quantitative estimate of drug-likeness (QED) is 0.861. The topological polar surface area (TPSA) is 63.2 Å². The minimum Gasteiger partial charge on any atom is -0.353 e. The summed E-state index contributed by atoms with van der Waals surface area (Å²) < 4.78 is 24.0. The predicted molar refractivity (Wildman–Crippen MR) is 74.5 cm³/mol. The maximum absolute atomic E-state index is 12.0. The third kappa shape index (κ3) is 4.67. The van der Waals surface area contributed by atoms with E-state index < -0.39 is 9.84 Å². The first kappa shape index (κ1) is 14.1. The lowest BCUT2D eigenvalue weighted by atomic mass is 10.1. The van der Waals surface area contributed by atoms with E-state index in [0.717, 1.165) is 24.0 Å². The molecule has 0 atom stereocenters. The Morgan fingerprint density at radius 3 is 2.63 bits per heavy atom. The number of hydrogen-bond acceptors (Lipinski definition) is 3. The molecule has 0 radical (unpaired) electrons. The van der Waals surface area contributed by atoms with Gasteiger partial charge in [-0.25, -0.2) is 8.42 Å². The summed E-state index contributed by atoms with van der Waals surface area (Å²) in [4.78, 5) is 11.5. The van der Waals surface area contributed by atoms with E-state index in [0.29, 0.717) is 0 Å². The van der Waals surface area contributed by atoms with Gasteiger partial charge in [-0.05, 0) is 30.9 Å². The molecule has 1 amide bonds. The van der Waals surface area contributed by atoms with E-state index in [1.54, 1.807) is 0 Å². The van der Waals surface area contributed by atoms with Gasteiger partial charge in [0.15, 0.2) is 9.84 Å². The van der Waals surface area contributed by atoms with E-state index in [1.807, 2.05) is 31.2 Å². The van der Waals surface area contributed by atoms with Crippen molar-refractivity contribution in [1.82, 2.24) is 5.32 Å². The van der Waals surface area contributed by atoms with Crippen LogP contribution in [0.15, 0.2) is 24.3 Å². The number of rotatable bonds is 6. The number of hydrogen-bond donors (Lipinski definition) is 1. The fourth-order valence-electron chi connectivity index (χ4n) is 1.86. The van der Waals surface area contributed by atoms with Crippen molar-refractivity contribution in [3.63, 3.8) is 0 Å². The number of aryl methyl sites for hydroxylation is 1. The van der Waals surface area contributed by atoms with Crippen molar-refractivity contribution in [2.24, 2.45) is 0 Å². The van der Waals surface area contributed by atoms with Crippen LogP contribution in [0, 0.1) is 6.92 Å². The summed E-state index contributed by atoms with van der Waals surface area (Å²) >= 11 is 0. The Hall–Kier alpha value is -1.36. The Bertz CT molecular complexity index is 562. The van der Waals surface area contributed by atoms with E-state index in [-0.39, 0.29) is 29.9 Å². The molecule has 1 N–H and O–H groups in total. The molecule has 19 heavy (non-hydrogen) atoms. The average molecular weight is 281 g/mol. The van der Waals surface area contributed by atoms with E-state index >= 15 is 0 Å². The van der Waals surface area contributed by atoms with Crippen molar-refractivity contribution in [3.05, 3.63) is 35.4 Å². The molecule has 0 aromatic heterocycles. The molecule has 2 rings (SSSR count). The number of carbonyl (C=O) groups excluding carboxylic acids is 1. The second-order valence-electron chi connectivity index (χ2n) is 5.11. The Morgan fingerprint density at radius 2 is 2.00 bits per heavy atom. The Balaban J connectivity index is 1.87. The molecule has 0 spiro atoms. The maximum atomic E-state index is 12.0. The fourth-order valence-corrected chi connectivity index (χ4v) is 3.30. The molecule has 5 heteroatoms. The highest BCUT2D eigenvalue weighted by Gasteiger charge is 2.24. The van der Waals surface area contributed by atoms with Gasteiger partial charge >= 0.3 is 0 Å². The van der Waals surface area contributed by atoms with E-state index in [1.165, 1.54) is 0 Å². The molecule has 0 heterocycles. The molecule has 0 bridgehead atoms. The second kappa shape index (κ2) is 5.74. The van der Waals surface area contributed by atoms with Gasteiger partial charge in [0, 0.05) is 12.5 Å². The lowest BCUT2D eigenvalue weighted by Crippen LogP contribution is -2.27. The van der Waals surface area contributed by atoms with Gasteiger partial charge in [-0.1, -0.05) is 24.3 Å². The Morgan fingerprint density at radius 1 is 1.32 bits per heavy atom. The molecule has 0 unspecified atom stereocenters. The van der Waals surface area contributed by atoms with E-state index in [2.05, 4.69) is 5.32 Å². The molecule has 1 fully saturated rings. The van der Waals surface area contributed by atoms with Gasteiger partial charge in [-0.3, -0.25) is 4.79 Å². The van der Waals surface area contributed by atoms with Crippen LogP contribution in [0.5, 0.6) is 0 Å². The number of amides is 1. The monoisotopic (exact) mass is 281 g/mol. The normalized spacial score (nSPS) is 15.2. The molecule has 104 valence electrons. The molecule has 1 aliphatic rings. The minimum absolute atomic E-state index is 0.0103. The van der Waals surface area contributed by atoms with Crippen LogP contribution >= 0.6 is 0 Å². The molecular formula is C14H19NO3S. The standard InChI is InChI=1S/C14H19NO3S/c1-11-4-2-3-5-12(11)10-19(17,18)9-8-14(16)15-13-6-7-13/h2-5,13H,6-10H2,1H3,(H,15,16). The highest BCUT2D eigenvalue weighted by molar-refractivity contribution is 7.90. The maximum Gasteiger partial charge on any atom is 0.221 e. The molecular weight excluding hydrogens is 262 g/mol. The highest BCUT2D eigenvalue weighted by atomic mass is 32.2. The summed E-state index contributed by atoms with van der Waals surface area (Å²) in [6.07, 6.45) is 2.09. The largest absolute Gasteiger partial charge is 0.353 e. The van der Waals surface area contributed by atoms with Crippen LogP contribution in [-0.2, 0) is 20.4 Å². The summed E-state index contributed by atoms with van der Waals surface area (Å²) in [5.41, 5.74) is 1.78. The van der Waals surface area contributed by atoms with Crippen molar-refractivity contribution in [2.45, 2.75) is 38.0 Å². The third-order valence-electron chi connectivity index (χ3n) is 3.22. The lowest BCUT2D eigenvalue weighted by molar-refractivity contribution is -0.120. The van der Waals surface area contributed by atoms with Crippen molar-refractivity contribution >= 4 is 15.7 Å². The summed E-state index contributed by atoms with van der Waals surface area (Å²) in [5, 5.41) is 2.80. The zero-order valence-electron chi connectivity index (χ0n) is 11.1. The SMILES string of the molecule is Cc1ccccc1CS(=O)(=O)CCC(=O)NC1CC1. The van der Waals surface area contributed by atoms with Gasteiger partial charge in [-0.15, -0.1) is 0 Å². The van der Waals surface area contributed by atoms with Gasteiger partial charge in [0.1, 0.15) is 0 Å². The zero-order chi connectivity index (χ0) is 13.9. The van der Waals surface area contributed by atoms with Crippen LogP contribution in [0.2, 0.25) is 0 Å². The van der Waals surface area contributed by atoms with Crippen molar-refractivity contribution in [2.75, 3.05) is 5.75 Å². The predicted octanol–water partition coefficient (Wildman–Crippen LogP) is 1.58. The van der Waals surface area contributed by atoms with Crippen LogP contribution in [0.1, 0.15) is 30.4 Å². The molecule has 1 aromatic carbocycles. The fraction of sp³-hybridized carbons (Fsp3) is 0.500. The van der Waals surface area contributed by atoms with Crippen LogP contribution in [-0.4, -0.2) is 26.1 Å². The molecule has 1 aromatic rings. The summed E-state index contributed by atoms with van der Waals surface area (Å²) in [5.74, 6) is -0.230. The summed E-state index contributed by atoms with van der Waals surface area (Å²) in [6, 6.07) is 7.71. The smallest absolute Gasteiger partial charge is 0.221 e. The zero-order valence-corrected chi connectivity index (χ0v) is 11.9. The van der Waals surface area contributed by atoms with Crippen molar-refractivity contribution in [1.29, 1.82) is 0 Å². The van der Waals surface area contributed by atoms with E-state index in [9.17, 15) is 13.2 Å². The number of sulfone groups is 1.